The van der Waals surface area contributed by atoms with E-state index < -0.39 is 5.97 Å². The molecule has 1 aliphatic heterocycles. The molecule has 0 saturated carbocycles. The molecule has 0 spiro atoms. The first kappa shape index (κ1) is 13.9. The Morgan fingerprint density at radius 1 is 1.43 bits per heavy atom. The first-order chi connectivity index (χ1) is 10.2. The summed E-state index contributed by atoms with van der Waals surface area (Å²) in [7, 11) is 2.13. The SMILES string of the molecule is CN1CCCC1CCOn1c(C(=O)O)cc2ccccc21. The summed E-state index contributed by atoms with van der Waals surface area (Å²) < 4.78 is 1.45. The summed E-state index contributed by atoms with van der Waals surface area (Å²) in [6.07, 6.45) is 3.34. The number of carbonyl (C=O) groups is 1. The highest BCUT2D eigenvalue weighted by molar-refractivity contribution is 5.94. The standard InChI is InChI=1S/C16H20N2O3/c1-17-9-4-6-13(17)8-10-21-18-14-7-3-2-5-12(14)11-15(18)16(19)20/h2-3,5,7,11,13H,4,6,8-10H2,1H3,(H,19,20). The number of carboxylic acid groups (broad SMARTS) is 1. The fraction of sp³-hybridized carbons (Fsp3) is 0.438. The van der Waals surface area contributed by atoms with Gasteiger partial charge in [-0.3, -0.25) is 0 Å². The highest BCUT2D eigenvalue weighted by atomic mass is 16.7. The minimum Gasteiger partial charge on any atom is -0.476 e. The molecule has 2 aromatic rings. The lowest BCUT2D eigenvalue weighted by molar-refractivity contribution is 0.0590. The molecule has 1 aromatic heterocycles. The Hall–Kier alpha value is -2.01. The van der Waals surface area contributed by atoms with Gasteiger partial charge < -0.3 is 14.8 Å². The quantitative estimate of drug-likeness (QED) is 0.917. The zero-order chi connectivity index (χ0) is 14.8. The molecule has 0 bridgehead atoms. The first-order valence-electron chi connectivity index (χ1n) is 7.34. The third kappa shape index (κ3) is 2.74. The Morgan fingerprint density at radius 2 is 2.24 bits per heavy atom. The molecular formula is C16H20N2O3. The van der Waals surface area contributed by atoms with Crippen LogP contribution >= 0.6 is 0 Å². The lowest BCUT2D eigenvalue weighted by Gasteiger charge is -2.19. The average molecular weight is 288 g/mol. The summed E-state index contributed by atoms with van der Waals surface area (Å²) in [6.45, 7) is 1.66. The van der Waals surface area contributed by atoms with E-state index in [1.807, 2.05) is 24.3 Å². The van der Waals surface area contributed by atoms with E-state index in [4.69, 9.17) is 4.84 Å². The molecule has 5 nitrogen and oxygen atoms in total. The molecule has 2 heterocycles. The molecule has 1 aliphatic rings. The van der Waals surface area contributed by atoms with Crippen LogP contribution in [-0.4, -0.2) is 46.9 Å². The number of rotatable bonds is 5. The molecule has 0 amide bonds. The van der Waals surface area contributed by atoms with Crippen LogP contribution in [-0.2, 0) is 0 Å². The third-order valence-corrected chi connectivity index (χ3v) is 4.23. The van der Waals surface area contributed by atoms with Crippen molar-refractivity contribution in [2.45, 2.75) is 25.3 Å². The van der Waals surface area contributed by atoms with Gasteiger partial charge in [0.1, 0.15) is 6.61 Å². The monoisotopic (exact) mass is 288 g/mol. The van der Waals surface area contributed by atoms with E-state index in [1.54, 1.807) is 6.07 Å². The van der Waals surface area contributed by atoms with Gasteiger partial charge in [0.25, 0.3) is 0 Å². The van der Waals surface area contributed by atoms with Crippen molar-refractivity contribution in [3.05, 3.63) is 36.0 Å². The number of hydrogen-bond donors (Lipinski definition) is 1. The molecular weight excluding hydrogens is 268 g/mol. The zero-order valence-electron chi connectivity index (χ0n) is 12.2. The van der Waals surface area contributed by atoms with Gasteiger partial charge in [-0.15, -0.1) is 0 Å². The van der Waals surface area contributed by atoms with Gasteiger partial charge in [-0.25, -0.2) is 4.79 Å². The number of benzene rings is 1. The first-order valence-corrected chi connectivity index (χ1v) is 7.34. The van der Waals surface area contributed by atoms with Crippen LogP contribution < -0.4 is 4.84 Å². The van der Waals surface area contributed by atoms with Crippen LogP contribution in [0.3, 0.4) is 0 Å². The molecule has 1 atom stereocenters. The molecule has 1 unspecified atom stereocenters. The predicted molar refractivity (Wildman–Crippen MR) is 80.6 cm³/mol. The van der Waals surface area contributed by atoms with Crippen LogP contribution in [0.15, 0.2) is 30.3 Å². The summed E-state index contributed by atoms with van der Waals surface area (Å²) in [5.41, 5.74) is 0.977. The smallest absolute Gasteiger partial charge is 0.356 e. The van der Waals surface area contributed by atoms with Crippen molar-refractivity contribution in [3.8, 4) is 0 Å². The van der Waals surface area contributed by atoms with E-state index in [9.17, 15) is 9.90 Å². The fourth-order valence-corrected chi connectivity index (χ4v) is 3.04. The van der Waals surface area contributed by atoms with Crippen molar-refractivity contribution in [2.24, 2.45) is 0 Å². The lowest BCUT2D eigenvalue weighted by Crippen LogP contribution is -2.28. The highest BCUT2D eigenvalue weighted by Crippen LogP contribution is 2.20. The second kappa shape index (κ2) is 5.77. The second-order valence-corrected chi connectivity index (χ2v) is 5.59. The minimum atomic E-state index is -0.968. The van der Waals surface area contributed by atoms with Crippen LogP contribution in [0.25, 0.3) is 10.9 Å². The Labute approximate surface area is 123 Å². The van der Waals surface area contributed by atoms with E-state index in [1.165, 1.54) is 17.6 Å². The number of aromatic carboxylic acids is 1. The van der Waals surface area contributed by atoms with Gasteiger partial charge in [0.2, 0.25) is 0 Å². The van der Waals surface area contributed by atoms with Crippen molar-refractivity contribution < 1.29 is 14.7 Å². The van der Waals surface area contributed by atoms with Crippen molar-refractivity contribution in [1.82, 2.24) is 9.63 Å². The van der Waals surface area contributed by atoms with Gasteiger partial charge in [0, 0.05) is 11.4 Å². The van der Waals surface area contributed by atoms with Crippen molar-refractivity contribution in [1.29, 1.82) is 0 Å². The summed E-state index contributed by atoms with van der Waals surface area (Å²) in [6, 6.07) is 9.75. The number of hydrogen-bond acceptors (Lipinski definition) is 3. The van der Waals surface area contributed by atoms with E-state index in [-0.39, 0.29) is 5.69 Å². The highest BCUT2D eigenvalue weighted by Gasteiger charge is 2.21. The van der Waals surface area contributed by atoms with Gasteiger partial charge in [-0.05, 0) is 45.0 Å². The van der Waals surface area contributed by atoms with E-state index in [0.29, 0.717) is 12.6 Å². The lowest BCUT2D eigenvalue weighted by atomic mass is 10.2. The average Bonchev–Trinajstić information content (AvgIpc) is 3.04. The maximum absolute atomic E-state index is 11.4. The van der Waals surface area contributed by atoms with Gasteiger partial charge in [0.15, 0.2) is 5.69 Å². The van der Waals surface area contributed by atoms with Crippen molar-refractivity contribution >= 4 is 16.9 Å². The van der Waals surface area contributed by atoms with Crippen LogP contribution in [0.4, 0.5) is 0 Å². The summed E-state index contributed by atoms with van der Waals surface area (Å²) in [5, 5.41) is 10.2. The van der Waals surface area contributed by atoms with Gasteiger partial charge in [-0.1, -0.05) is 18.2 Å². The number of para-hydroxylation sites is 1. The van der Waals surface area contributed by atoms with Crippen LogP contribution in [0, 0.1) is 0 Å². The molecule has 1 saturated heterocycles. The molecule has 3 rings (SSSR count). The van der Waals surface area contributed by atoms with Gasteiger partial charge >= 0.3 is 5.97 Å². The van der Waals surface area contributed by atoms with Gasteiger partial charge in [-0.2, -0.15) is 4.73 Å². The predicted octanol–water partition coefficient (Wildman–Crippen LogP) is 2.25. The second-order valence-electron chi connectivity index (χ2n) is 5.59. The number of fused-ring (bicyclic) bond motifs is 1. The number of nitrogens with zero attached hydrogens (tertiary/aromatic N) is 2. The molecule has 112 valence electrons. The van der Waals surface area contributed by atoms with E-state index >= 15 is 0 Å². The Kier molecular flexibility index (Phi) is 3.84. The maximum atomic E-state index is 11.4. The largest absolute Gasteiger partial charge is 0.476 e. The summed E-state index contributed by atoms with van der Waals surface area (Å²) in [5.74, 6) is -0.968. The molecule has 1 fully saturated rings. The number of aromatic nitrogens is 1. The van der Waals surface area contributed by atoms with Gasteiger partial charge in [0.05, 0.1) is 5.52 Å². The zero-order valence-corrected chi connectivity index (χ0v) is 12.2. The molecule has 0 radical (unpaired) electrons. The molecule has 21 heavy (non-hydrogen) atoms. The number of likely N-dealkylation sites (tertiary alicyclic amines) is 1. The topological polar surface area (TPSA) is 54.7 Å². The Bertz CT molecular complexity index is 650. The molecule has 5 heteroatoms. The summed E-state index contributed by atoms with van der Waals surface area (Å²) >= 11 is 0. The van der Waals surface area contributed by atoms with Crippen LogP contribution in [0.5, 0.6) is 0 Å². The van der Waals surface area contributed by atoms with Crippen LogP contribution in [0.2, 0.25) is 0 Å². The Morgan fingerprint density at radius 3 is 2.95 bits per heavy atom. The van der Waals surface area contributed by atoms with E-state index in [0.717, 1.165) is 23.9 Å². The molecule has 1 aromatic carbocycles. The summed E-state index contributed by atoms with van der Waals surface area (Å²) in [4.78, 5) is 19.5. The molecule has 1 N–H and O–H groups in total. The third-order valence-electron chi connectivity index (χ3n) is 4.23. The van der Waals surface area contributed by atoms with Crippen molar-refractivity contribution in [3.63, 3.8) is 0 Å². The fourth-order valence-electron chi connectivity index (χ4n) is 3.04. The Balaban J connectivity index is 1.76. The minimum absolute atomic E-state index is 0.177. The van der Waals surface area contributed by atoms with E-state index in [2.05, 4.69) is 11.9 Å². The van der Waals surface area contributed by atoms with Crippen molar-refractivity contribution in [2.75, 3.05) is 20.2 Å². The molecule has 0 aliphatic carbocycles. The number of carboxylic acids is 1. The normalized spacial score (nSPS) is 19.2. The van der Waals surface area contributed by atoms with Crippen LogP contribution in [0.1, 0.15) is 29.8 Å². The maximum Gasteiger partial charge on any atom is 0.356 e.